The number of aryl methyl sites for hydroxylation is 1. The van der Waals surface area contributed by atoms with Gasteiger partial charge in [-0.15, -0.1) is 0 Å². The summed E-state index contributed by atoms with van der Waals surface area (Å²) in [5, 5.41) is 0. The molecule has 0 unspecified atom stereocenters. The third-order valence-corrected chi connectivity index (χ3v) is 3.97. The van der Waals surface area contributed by atoms with E-state index in [-0.39, 0.29) is 0 Å². The van der Waals surface area contributed by atoms with Crippen LogP contribution in [0.5, 0.6) is 0 Å². The number of nitrogen functional groups attached to an aromatic ring is 1. The maximum Gasteiger partial charge on any atom is 0.140 e. The molecule has 2 N–H and O–H groups in total. The lowest BCUT2D eigenvalue weighted by atomic mass is 10.3. The van der Waals surface area contributed by atoms with Crippen LogP contribution in [0, 0.1) is 10.5 Å². The van der Waals surface area contributed by atoms with Gasteiger partial charge in [0, 0.05) is 13.0 Å². The van der Waals surface area contributed by atoms with Crippen molar-refractivity contribution in [3.05, 3.63) is 15.1 Å². The standard InChI is InChI=1S/C11H19IN4/c1-4-16(5-2)7-6-9-14-8(3)10(12)11(13)15-9/h4-7H2,1-3H3,(H2,13,14,15). The highest BCUT2D eigenvalue weighted by Gasteiger charge is 2.07. The number of nitrogens with zero attached hydrogens (tertiary/aromatic N) is 3. The Morgan fingerprint density at radius 3 is 2.38 bits per heavy atom. The molecule has 1 aromatic rings. The first-order valence-electron chi connectivity index (χ1n) is 5.59. The average Bonchev–Trinajstić information content (AvgIpc) is 2.27. The summed E-state index contributed by atoms with van der Waals surface area (Å²) < 4.78 is 0.962. The molecular weight excluding hydrogens is 315 g/mol. The molecule has 1 rings (SSSR count). The summed E-state index contributed by atoms with van der Waals surface area (Å²) in [6, 6.07) is 0. The Balaban J connectivity index is 2.68. The van der Waals surface area contributed by atoms with Crippen LogP contribution in [0.4, 0.5) is 5.82 Å². The van der Waals surface area contributed by atoms with E-state index in [0.717, 1.165) is 41.1 Å². The van der Waals surface area contributed by atoms with E-state index in [1.807, 2.05) is 6.92 Å². The summed E-state index contributed by atoms with van der Waals surface area (Å²) in [7, 11) is 0. The molecule has 0 atom stereocenters. The summed E-state index contributed by atoms with van der Waals surface area (Å²) in [6.07, 6.45) is 0.865. The van der Waals surface area contributed by atoms with Gasteiger partial charge in [-0.3, -0.25) is 0 Å². The van der Waals surface area contributed by atoms with E-state index in [0.29, 0.717) is 5.82 Å². The second kappa shape index (κ2) is 6.34. The van der Waals surface area contributed by atoms with Gasteiger partial charge in [-0.1, -0.05) is 13.8 Å². The Hall–Kier alpha value is -0.430. The third kappa shape index (κ3) is 3.55. The zero-order chi connectivity index (χ0) is 12.1. The molecule has 1 heterocycles. The Morgan fingerprint density at radius 2 is 1.88 bits per heavy atom. The SMILES string of the molecule is CCN(CC)CCc1nc(C)c(I)c(N)n1. The summed E-state index contributed by atoms with van der Waals surface area (Å²) in [4.78, 5) is 11.1. The van der Waals surface area contributed by atoms with Gasteiger partial charge in [0.15, 0.2) is 0 Å². The van der Waals surface area contributed by atoms with Crippen molar-refractivity contribution >= 4 is 28.4 Å². The number of nitrogens with two attached hydrogens (primary N) is 1. The smallest absolute Gasteiger partial charge is 0.140 e. The molecule has 1 aromatic heterocycles. The van der Waals surface area contributed by atoms with E-state index in [4.69, 9.17) is 5.73 Å². The summed E-state index contributed by atoms with van der Waals surface area (Å²) >= 11 is 2.18. The lowest BCUT2D eigenvalue weighted by Crippen LogP contribution is -2.26. The number of hydrogen-bond donors (Lipinski definition) is 1. The molecule has 0 spiro atoms. The van der Waals surface area contributed by atoms with Crippen LogP contribution in [-0.2, 0) is 6.42 Å². The summed E-state index contributed by atoms with van der Waals surface area (Å²) in [5.41, 5.74) is 6.80. The highest BCUT2D eigenvalue weighted by Crippen LogP contribution is 2.15. The Labute approximate surface area is 111 Å². The van der Waals surface area contributed by atoms with Crippen molar-refractivity contribution in [1.82, 2.24) is 14.9 Å². The number of likely N-dealkylation sites (N-methyl/N-ethyl adjacent to an activating group) is 1. The van der Waals surface area contributed by atoms with Crippen LogP contribution in [0.3, 0.4) is 0 Å². The molecule has 0 saturated carbocycles. The van der Waals surface area contributed by atoms with Gasteiger partial charge in [0.2, 0.25) is 0 Å². The van der Waals surface area contributed by atoms with E-state index >= 15 is 0 Å². The van der Waals surface area contributed by atoms with Gasteiger partial charge in [0.25, 0.3) is 0 Å². The lowest BCUT2D eigenvalue weighted by Gasteiger charge is -2.17. The number of aromatic nitrogens is 2. The molecule has 5 heteroatoms. The number of anilines is 1. The normalized spacial score (nSPS) is 11.1. The monoisotopic (exact) mass is 334 g/mol. The summed E-state index contributed by atoms with van der Waals surface area (Å²) in [5.74, 6) is 1.45. The molecule has 0 aliphatic rings. The molecule has 16 heavy (non-hydrogen) atoms. The number of hydrogen-bond acceptors (Lipinski definition) is 4. The minimum absolute atomic E-state index is 0.600. The lowest BCUT2D eigenvalue weighted by molar-refractivity contribution is 0.305. The first kappa shape index (κ1) is 13.6. The molecule has 0 bridgehead atoms. The number of rotatable bonds is 5. The Kier molecular flexibility index (Phi) is 5.40. The molecule has 90 valence electrons. The van der Waals surface area contributed by atoms with Crippen LogP contribution in [0.15, 0.2) is 0 Å². The van der Waals surface area contributed by atoms with Gasteiger partial charge in [0.05, 0.1) is 9.26 Å². The molecule has 0 aliphatic carbocycles. The van der Waals surface area contributed by atoms with E-state index in [2.05, 4.69) is 51.3 Å². The third-order valence-electron chi connectivity index (χ3n) is 2.63. The zero-order valence-corrected chi connectivity index (χ0v) is 12.3. The fourth-order valence-electron chi connectivity index (χ4n) is 1.55. The second-order valence-electron chi connectivity index (χ2n) is 3.70. The van der Waals surface area contributed by atoms with E-state index in [9.17, 15) is 0 Å². The molecule has 0 aromatic carbocycles. The van der Waals surface area contributed by atoms with Gasteiger partial charge >= 0.3 is 0 Å². The van der Waals surface area contributed by atoms with Crippen molar-refractivity contribution in [1.29, 1.82) is 0 Å². The van der Waals surface area contributed by atoms with Crippen molar-refractivity contribution in [3.8, 4) is 0 Å². The molecule has 4 nitrogen and oxygen atoms in total. The maximum atomic E-state index is 5.82. The quantitative estimate of drug-likeness (QED) is 0.835. The zero-order valence-electron chi connectivity index (χ0n) is 10.1. The molecule has 0 saturated heterocycles. The van der Waals surface area contributed by atoms with Crippen LogP contribution in [-0.4, -0.2) is 34.5 Å². The van der Waals surface area contributed by atoms with E-state index < -0.39 is 0 Å². The Bertz CT molecular complexity index is 327. The highest BCUT2D eigenvalue weighted by molar-refractivity contribution is 14.1. The van der Waals surface area contributed by atoms with Gasteiger partial charge < -0.3 is 10.6 Å². The number of halogens is 1. The van der Waals surface area contributed by atoms with Crippen LogP contribution in [0.1, 0.15) is 25.4 Å². The Morgan fingerprint density at radius 1 is 1.25 bits per heavy atom. The van der Waals surface area contributed by atoms with Crippen LogP contribution in [0.25, 0.3) is 0 Å². The predicted octanol–water partition coefficient (Wildman–Crippen LogP) is 1.86. The van der Waals surface area contributed by atoms with Crippen molar-refractivity contribution in [2.75, 3.05) is 25.4 Å². The highest BCUT2D eigenvalue weighted by atomic mass is 127. The van der Waals surface area contributed by atoms with Gasteiger partial charge in [0.1, 0.15) is 11.6 Å². The van der Waals surface area contributed by atoms with Crippen molar-refractivity contribution in [2.24, 2.45) is 0 Å². The topological polar surface area (TPSA) is 55.0 Å². The average molecular weight is 334 g/mol. The van der Waals surface area contributed by atoms with Crippen molar-refractivity contribution in [2.45, 2.75) is 27.2 Å². The largest absolute Gasteiger partial charge is 0.383 e. The molecule has 0 amide bonds. The van der Waals surface area contributed by atoms with Gasteiger partial charge in [-0.25, -0.2) is 9.97 Å². The molecule has 0 fully saturated rings. The molecule has 0 radical (unpaired) electrons. The minimum atomic E-state index is 0.600. The van der Waals surface area contributed by atoms with Crippen LogP contribution < -0.4 is 5.73 Å². The van der Waals surface area contributed by atoms with Gasteiger partial charge in [-0.2, -0.15) is 0 Å². The minimum Gasteiger partial charge on any atom is -0.383 e. The fourth-order valence-corrected chi connectivity index (χ4v) is 1.79. The predicted molar refractivity (Wildman–Crippen MR) is 75.4 cm³/mol. The summed E-state index contributed by atoms with van der Waals surface area (Å²) in [6.45, 7) is 9.42. The second-order valence-corrected chi connectivity index (χ2v) is 4.78. The van der Waals surface area contributed by atoms with E-state index in [1.165, 1.54) is 0 Å². The first-order valence-corrected chi connectivity index (χ1v) is 6.67. The maximum absolute atomic E-state index is 5.82. The van der Waals surface area contributed by atoms with Crippen molar-refractivity contribution < 1.29 is 0 Å². The van der Waals surface area contributed by atoms with Crippen molar-refractivity contribution in [3.63, 3.8) is 0 Å². The molecule has 0 aliphatic heterocycles. The first-order chi connectivity index (χ1) is 7.58. The van der Waals surface area contributed by atoms with E-state index in [1.54, 1.807) is 0 Å². The molecular formula is C11H19IN4. The van der Waals surface area contributed by atoms with Crippen LogP contribution >= 0.6 is 22.6 Å². The van der Waals surface area contributed by atoms with Crippen LogP contribution in [0.2, 0.25) is 0 Å². The fraction of sp³-hybridized carbons (Fsp3) is 0.636. The van der Waals surface area contributed by atoms with Gasteiger partial charge in [-0.05, 0) is 42.6 Å².